The van der Waals surface area contributed by atoms with Crippen LogP contribution in [0.5, 0.6) is 0 Å². The predicted molar refractivity (Wildman–Crippen MR) is 134 cm³/mol. The molecule has 0 aromatic heterocycles. The molecule has 0 radical (unpaired) electrons. The number of unbranched alkanes of at least 4 members (excludes halogenated alkanes) is 14. The van der Waals surface area contributed by atoms with Gasteiger partial charge in [-0.05, 0) is 24.2 Å². The molecular weight excluding hydrogens is 375 g/mol. The Labute approximate surface area is 186 Å². The third kappa shape index (κ3) is 24.5. The molecule has 29 heavy (non-hydrogen) atoms. The molecule has 2 unspecified atom stereocenters. The van der Waals surface area contributed by atoms with Crippen LogP contribution in [0.4, 0.5) is 0 Å². The van der Waals surface area contributed by atoms with E-state index in [4.69, 9.17) is 9.47 Å². The Morgan fingerprint density at radius 3 is 1.14 bits per heavy atom. The first-order valence-electron chi connectivity index (χ1n) is 13.1. The largest absolute Gasteiger partial charge is 0.381 e. The van der Waals surface area contributed by atoms with Crippen molar-refractivity contribution in [3.05, 3.63) is 0 Å². The molecule has 0 spiro atoms. The van der Waals surface area contributed by atoms with Gasteiger partial charge in [0.05, 0.1) is 13.2 Å². The Morgan fingerprint density at radius 2 is 0.793 bits per heavy atom. The maximum atomic E-state index is 5.91. The maximum Gasteiger partial charge on any atom is 0.0528 e. The minimum Gasteiger partial charge on any atom is -0.381 e. The molecule has 0 aliphatic heterocycles. The minimum absolute atomic E-state index is 0.672. The zero-order valence-electron chi connectivity index (χ0n) is 20.6. The Morgan fingerprint density at radius 1 is 0.483 bits per heavy atom. The SMILES string of the molecule is CCCCCCCCCCOCC(C)PC(C)COCCCCCCCCCC. The molecule has 2 nitrogen and oxygen atoms in total. The van der Waals surface area contributed by atoms with E-state index in [1.54, 1.807) is 0 Å². The van der Waals surface area contributed by atoms with Gasteiger partial charge >= 0.3 is 0 Å². The van der Waals surface area contributed by atoms with Gasteiger partial charge in [0, 0.05) is 13.2 Å². The Hall–Kier alpha value is 0.350. The van der Waals surface area contributed by atoms with Gasteiger partial charge in [-0.3, -0.25) is 0 Å². The second-order valence-electron chi connectivity index (χ2n) is 9.07. The molecule has 0 aromatic rings. The fourth-order valence-electron chi connectivity index (χ4n) is 3.78. The molecule has 0 aliphatic carbocycles. The van der Waals surface area contributed by atoms with Gasteiger partial charge in [0.25, 0.3) is 0 Å². The van der Waals surface area contributed by atoms with E-state index in [-0.39, 0.29) is 0 Å². The van der Waals surface area contributed by atoms with Crippen molar-refractivity contribution in [2.24, 2.45) is 0 Å². The molecule has 0 bridgehead atoms. The Kier molecular flexibility index (Phi) is 24.9. The van der Waals surface area contributed by atoms with E-state index in [9.17, 15) is 0 Å². The highest BCUT2D eigenvalue weighted by Gasteiger charge is 2.09. The summed E-state index contributed by atoms with van der Waals surface area (Å²) in [6.07, 6.45) is 21.9. The number of hydrogen-bond donors (Lipinski definition) is 0. The van der Waals surface area contributed by atoms with Gasteiger partial charge in [0.1, 0.15) is 0 Å². The fourth-order valence-corrected chi connectivity index (χ4v) is 5.18. The van der Waals surface area contributed by atoms with Crippen LogP contribution < -0.4 is 0 Å². The van der Waals surface area contributed by atoms with Crippen molar-refractivity contribution in [3.8, 4) is 0 Å². The summed E-state index contributed by atoms with van der Waals surface area (Å²) >= 11 is 0. The lowest BCUT2D eigenvalue weighted by molar-refractivity contribution is 0.128. The van der Waals surface area contributed by atoms with E-state index in [0.717, 1.165) is 35.0 Å². The van der Waals surface area contributed by atoms with Crippen molar-refractivity contribution in [1.29, 1.82) is 0 Å². The van der Waals surface area contributed by atoms with Gasteiger partial charge < -0.3 is 9.47 Å². The standard InChI is InChI=1S/C26H55O2P/c1-5-7-9-11-13-15-17-19-21-27-23-25(3)29-26(4)24-28-22-20-18-16-14-12-10-8-6-2/h25-26,29H,5-24H2,1-4H3. The number of hydrogen-bond acceptors (Lipinski definition) is 2. The van der Waals surface area contributed by atoms with Crippen molar-refractivity contribution in [2.45, 2.75) is 142 Å². The van der Waals surface area contributed by atoms with Crippen LogP contribution in [0.2, 0.25) is 0 Å². The van der Waals surface area contributed by atoms with Gasteiger partial charge in [-0.25, -0.2) is 0 Å². The monoisotopic (exact) mass is 430 g/mol. The van der Waals surface area contributed by atoms with Crippen molar-refractivity contribution in [3.63, 3.8) is 0 Å². The average Bonchev–Trinajstić information content (AvgIpc) is 2.70. The summed E-state index contributed by atoms with van der Waals surface area (Å²) in [7, 11) is 0.953. The van der Waals surface area contributed by atoms with Crippen molar-refractivity contribution >= 4 is 8.58 Å². The zero-order chi connectivity index (χ0) is 21.4. The summed E-state index contributed by atoms with van der Waals surface area (Å²) in [5.74, 6) is 0. The van der Waals surface area contributed by atoms with Gasteiger partial charge in [-0.15, -0.1) is 8.58 Å². The lowest BCUT2D eigenvalue weighted by Gasteiger charge is -2.18. The molecular formula is C26H55O2P. The average molecular weight is 431 g/mol. The van der Waals surface area contributed by atoms with E-state index >= 15 is 0 Å². The quantitative estimate of drug-likeness (QED) is 0.112. The van der Waals surface area contributed by atoms with Crippen LogP contribution in [0, 0.1) is 0 Å². The normalized spacial score (nSPS) is 14.1. The molecule has 0 aromatic carbocycles. The van der Waals surface area contributed by atoms with Crippen LogP contribution >= 0.6 is 8.58 Å². The first kappa shape index (κ1) is 29.4. The zero-order valence-corrected chi connectivity index (χ0v) is 21.6. The lowest BCUT2D eigenvalue weighted by Crippen LogP contribution is -2.14. The van der Waals surface area contributed by atoms with E-state index in [2.05, 4.69) is 27.7 Å². The highest BCUT2D eigenvalue weighted by atomic mass is 31.1. The van der Waals surface area contributed by atoms with Crippen LogP contribution in [-0.4, -0.2) is 37.7 Å². The van der Waals surface area contributed by atoms with E-state index in [1.807, 2.05) is 0 Å². The molecule has 0 fully saturated rings. The van der Waals surface area contributed by atoms with Crippen molar-refractivity contribution in [1.82, 2.24) is 0 Å². The number of rotatable bonds is 24. The summed E-state index contributed by atoms with van der Waals surface area (Å²) in [4.78, 5) is 0. The van der Waals surface area contributed by atoms with E-state index in [0.29, 0.717) is 11.3 Å². The molecule has 0 saturated heterocycles. The molecule has 2 atom stereocenters. The van der Waals surface area contributed by atoms with Gasteiger partial charge in [-0.1, -0.05) is 118 Å². The molecule has 0 N–H and O–H groups in total. The predicted octanol–water partition coefficient (Wildman–Crippen LogP) is 8.76. The molecule has 176 valence electrons. The smallest absolute Gasteiger partial charge is 0.0528 e. The fraction of sp³-hybridized carbons (Fsp3) is 1.00. The first-order valence-corrected chi connectivity index (χ1v) is 14.3. The van der Waals surface area contributed by atoms with Crippen molar-refractivity contribution < 1.29 is 9.47 Å². The van der Waals surface area contributed by atoms with Crippen LogP contribution in [0.3, 0.4) is 0 Å². The summed E-state index contributed by atoms with van der Waals surface area (Å²) in [6.45, 7) is 13.0. The molecule has 0 rings (SSSR count). The van der Waals surface area contributed by atoms with Gasteiger partial charge in [0.15, 0.2) is 0 Å². The Bertz CT molecular complexity index is 270. The third-order valence-corrected chi connectivity index (χ3v) is 7.06. The topological polar surface area (TPSA) is 18.5 Å². The van der Waals surface area contributed by atoms with E-state index in [1.165, 1.54) is 103 Å². The summed E-state index contributed by atoms with van der Waals surface area (Å²) in [5.41, 5.74) is 1.34. The van der Waals surface area contributed by atoms with Crippen LogP contribution in [0.25, 0.3) is 0 Å². The van der Waals surface area contributed by atoms with Crippen LogP contribution in [0.15, 0.2) is 0 Å². The lowest BCUT2D eigenvalue weighted by atomic mass is 10.1. The molecule has 0 aliphatic rings. The molecule has 0 heterocycles. The molecule has 0 amide bonds. The maximum absolute atomic E-state index is 5.91. The highest BCUT2D eigenvalue weighted by Crippen LogP contribution is 2.25. The Balaban J connectivity index is 3.29. The first-order chi connectivity index (χ1) is 14.2. The molecule has 3 heteroatoms. The minimum atomic E-state index is 0.672. The second kappa shape index (κ2) is 24.6. The van der Waals surface area contributed by atoms with Crippen LogP contribution in [0.1, 0.15) is 130 Å². The van der Waals surface area contributed by atoms with Crippen LogP contribution in [-0.2, 0) is 9.47 Å². The van der Waals surface area contributed by atoms with E-state index < -0.39 is 0 Å². The third-order valence-electron chi connectivity index (χ3n) is 5.59. The van der Waals surface area contributed by atoms with Crippen molar-refractivity contribution in [2.75, 3.05) is 26.4 Å². The summed E-state index contributed by atoms with van der Waals surface area (Å²) in [5, 5.41) is 0. The second-order valence-corrected chi connectivity index (χ2v) is 11.4. The summed E-state index contributed by atoms with van der Waals surface area (Å²) < 4.78 is 11.8. The summed E-state index contributed by atoms with van der Waals surface area (Å²) in [6, 6.07) is 0. The number of ether oxygens (including phenoxy) is 2. The highest BCUT2D eigenvalue weighted by molar-refractivity contribution is 7.39. The van der Waals surface area contributed by atoms with Gasteiger partial charge in [-0.2, -0.15) is 0 Å². The molecule has 0 saturated carbocycles. The van der Waals surface area contributed by atoms with Gasteiger partial charge in [0.2, 0.25) is 0 Å².